The lowest BCUT2D eigenvalue weighted by molar-refractivity contribution is -0.118. The van der Waals surface area contributed by atoms with Crippen LogP contribution in [0.1, 0.15) is 50.6 Å². The van der Waals surface area contributed by atoms with Gasteiger partial charge in [0.1, 0.15) is 11.9 Å². The maximum Gasteiger partial charge on any atom is 0.244 e. The van der Waals surface area contributed by atoms with Gasteiger partial charge in [-0.2, -0.15) is 0 Å². The van der Waals surface area contributed by atoms with E-state index < -0.39 is 12.2 Å². The first-order valence-electron chi connectivity index (χ1n) is 12.1. The fourth-order valence-corrected chi connectivity index (χ4v) is 4.50. The lowest BCUT2D eigenvalue weighted by Gasteiger charge is -2.17. The van der Waals surface area contributed by atoms with Gasteiger partial charge < -0.3 is 20.3 Å². The van der Waals surface area contributed by atoms with E-state index in [1.165, 1.54) is 13.2 Å². The number of methoxy groups -OCH3 is 1. The highest BCUT2D eigenvalue weighted by atomic mass is 16.5. The number of carbonyl (C=O) groups excluding carboxylic acids is 2. The van der Waals surface area contributed by atoms with Gasteiger partial charge in [0, 0.05) is 31.1 Å². The molecule has 6 heteroatoms. The van der Waals surface area contributed by atoms with Gasteiger partial charge >= 0.3 is 0 Å². The predicted molar refractivity (Wildman–Crippen MR) is 137 cm³/mol. The van der Waals surface area contributed by atoms with Crippen LogP contribution in [-0.4, -0.2) is 41.2 Å². The molecule has 0 spiro atoms. The smallest absolute Gasteiger partial charge is 0.244 e. The molecule has 0 fully saturated rings. The Morgan fingerprint density at radius 1 is 1.06 bits per heavy atom. The minimum Gasteiger partial charge on any atom is -0.509 e. The summed E-state index contributed by atoms with van der Waals surface area (Å²) in [4.78, 5) is 25.5. The zero-order valence-electron chi connectivity index (χ0n) is 20.4. The molecule has 1 amide bonds. The molecule has 1 aliphatic carbocycles. The summed E-state index contributed by atoms with van der Waals surface area (Å²) in [6.45, 7) is 1.90. The van der Waals surface area contributed by atoms with Gasteiger partial charge in [-0.25, -0.2) is 0 Å². The zero-order chi connectivity index (χ0) is 25.2. The lowest BCUT2D eigenvalue weighted by Crippen LogP contribution is -2.26. The first-order valence-corrected chi connectivity index (χ1v) is 12.1. The fraction of sp³-hybridized carbons (Fsp3) is 0.379. The van der Waals surface area contributed by atoms with Gasteiger partial charge in [-0.15, -0.1) is 0 Å². The topological polar surface area (TPSA) is 95.9 Å². The van der Waals surface area contributed by atoms with Crippen LogP contribution < -0.4 is 5.32 Å². The molecule has 1 aromatic carbocycles. The number of rotatable bonds is 2. The molecule has 2 aliphatic rings. The Bertz CT molecular complexity index is 1030. The van der Waals surface area contributed by atoms with Gasteiger partial charge in [0.05, 0.1) is 12.1 Å². The van der Waals surface area contributed by atoms with E-state index in [1.807, 2.05) is 61.6 Å². The molecule has 0 bridgehead atoms. The van der Waals surface area contributed by atoms with E-state index in [2.05, 4.69) is 5.32 Å². The highest BCUT2D eigenvalue weighted by molar-refractivity contribution is 5.97. The van der Waals surface area contributed by atoms with Crippen molar-refractivity contribution in [2.75, 3.05) is 7.11 Å². The van der Waals surface area contributed by atoms with Crippen molar-refractivity contribution in [2.24, 2.45) is 5.92 Å². The fourth-order valence-electron chi connectivity index (χ4n) is 4.50. The van der Waals surface area contributed by atoms with Crippen LogP contribution in [0.25, 0.3) is 0 Å². The number of Topliss-reactive ketones (excluding diaryl/α,β-unsaturated/α-hetero) is 1. The number of benzene rings is 1. The van der Waals surface area contributed by atoms with E-state index in [0.717, 1.165) is 11.1 Å². The minimum absolute atomic E-state index is 0.0444. The van der Waals surface area contributed by atoms with Crippen LogP contribution in [0.3, 0.4) is 0 Å². The molecule has 1 aliphatic heterocycles. The van der Waals surface area contributed by atoms with Crippen LogP contribution in [0.4, 0.5) is 0 Å². The Balaban J connectivity index is 1.84. The second-order valence-electron chi connectivity index (χ2n) is 9.03. The second-order valence-corrected chi connectivity index (χ2v) is 9.03. The van der Waals surface area contributed by atoms with Crippen molar-refractivity contribution in [3.05, 3.63) is 95.3 Å². The molecule has 3 rings (SSSR count). The number of nitrogens with one attached hydrogen (secondary N) is 1. The Labute approximate surface area is 207 Å². The highest BCUT2D eigenvalue weighted by Gasteiger charge is 2.36. The third kappa shape index (κ3) is 7.64. The summed E-state index contributed by atoms with van der Waals surface area (Å²) >= 11 is 0. The second kappa shape index (κ2) is 13.0. The van der Waals surface area contributed by atoms with E-state index in [9.17, 15) is 19.8 Å². The minimum atomic E-state index is -0.810. The maximum atomic E-state index is 13.0. The molecule has 0 radical (unpaired) electrons. The van der Waals surface area contributed by atoms with Crippen molar-refractivity contribution < 1.29 is 24.5 Å². The van der Waals surface area contributed by atoms with Crippen LogP contribution in [0.15, 0.2) is 89.8 Å². The maximum absolute atomic E-state index is 13.0. The van der Waals surface area contributed by atoms with E-state index in [-0.39, 0.29) is 35.8 Å². The van der Waals surface area contributed by atoms with Crippen LogP contribution in [-0.2, 0) is 14.3 Å². The average molecular weight is 478 g/mol. The van der Waals surface area contributed by atoms with Crippen molar-refractivity contribution >= 4 is 11.7 Å². The van der Waals surface area contributed by atoms with Gasteiger partial charge in [0.15, 0.2) is 5.78 Å². The molecule has 0 unspecified atom stereocenters. The Kier molecular flexibility index (Phi) is 9.82. The quantitative estimate of drug-likeness (QED) is 0.532. The van der Waals surface area contributed by atoms with Crippen LogP contribution in [0.5, 0.6) is 0 Å². The SMILES string of the molecule is CO[C@H]1C[C@@H]2\C=C(C)/C=C/C=C\C(=O)N[C@H](c3ccccc3)C/C=C/CC[C@H](O)CC(=O)C2=C1O. The summed E-state index contributed by atoms with van der Waals surface area (Å²) in [6.07, 6.45) is 13.4. The molecule has 1 aromatic rings. The van der Waals surface area contributed by atoms with Gasteiger partial charge in [0.25, 0.3) is 0 Å². The summed E-state index contributed by atoms with van der Waals surface area (Å²) in [5.74, 6) is -0.790. The van der Waals surface area contributed by atoms with Gasteiger partial charge in [-0.1, -0.05) is 72.4 Å². The van der Waals surface area contributed by atoms with E-state index in [0.29, 0.717) is 31.3 Å². The normalized spacial score (nSPS) is 31.2. The summed E-state index contributed by atoms with van der Waals surface area (Å²) < 4.78 is 5.35. The number of ketones is 1. The number of fused-ring (bicyclic) bond motifs is 1. The highest BCUT2D eigenvalue weighted by Crippen LogP contribution is 2.36. The molecule has 0 aromatic heterocycles. The average Bonchev–Trinajstić information content (AvgIpc) is 3.15. The number of allylic oxidation sites excluding steroid dienone is 7. The van der Waals surface area contributed by atoms with Crippen molar-refractivity contribution in [2.45, 2.75) is 57.3 Å². The monoisotopic (exact) mass is 477 g/mol. The van der Waals surface area contributed by atoms with Crippen molar-refractivity contribution in [3.8, 4) is 0 Å². The number of amides is 1. The van der Waals surface area contributed by atoms with Crippen LogP contribution >= 0.6 is 0 Å². The first-order chi connectivity index (χ1) is 16.9. The summed E-state index contributed by atoms with van der Waals surface area (Å²) in [7, 11) is 1.51. The number of hydrogen-bond donors (Lipinski definition) is 3. The molecule has 4 atom stereocenters. The van der Waals surface area contributed by atoms with Crippen molar-refractivity contribution in [1.29, 1.82) is 0 Å². The third-order valence-electron chi connectivity index (χ3n) is 6.33. The first kappa shape index (κ1) is 26.4. The molecule has 1 heterocycles. The van der Waals surface area contributed by atoms with E-state index in [4.69, 9.17) is 4.74 Å². The lowest BCUT2D eigenvalue weighted by atomic mass is 9.92. The van der Waals surface area contributed by atoms with E-state index >= 15 is 0 Å². The third-order valence-corrected chi connectivity index (χ3v) is 6.33. The number of aliphatic hydroxyl groups is 2. The van der Waals surface area contributed by atoms with E-state index in [1.54, 1.807) is 12.2 Å². The Morgan fingerprint density at radius 3 is 2.54 bits per heavy atom. The number of ether oxygens (including phenoxy) is 1. The van der Waals surface area contributed by atoms with Crippen molar-refractivity contribution in [1.82, 2.24) is 5.32 Å². The van der Waals surface area contributed by atoms with Gasteiger partial charge in [-0.3, -0.25) is 9.59 Å². The molecule has 0 saturated carbocycles. The molecule has 0 saturated heterocycles. The summed E-state index contributed by atoms with van der Waals surface area (Å²) in [6, 6.07) is 9.61. The van der Waals surface area contributed by atoms with Gasteiger partial charge in [0.2, 0.25) is 5.91 Å². The standard InChI is InChI=1S/C29H35NO5/c1-20-11-9-10-16-27(33)30-24(21-12-5-3-6-13-21)15-8-4-7-14-23(31)19-25(32)28-22(17-20)18-26(35-2)29(28)34/h3-6,8-13,16-17,22-24,26,31,34H,7,14-15,18-19H2,1-2H3,(H,30,33)/b8-4+,11-9+,16-10-,20-17-/t22-,23-,24-,26-/m0/s1. The molecular formula is C29H35NO5. The molecule has 186 valence electrons. The summed E-state index contributed by atoms with van der Waals surface area (Å²) in [5, 5.41) is 24.1. The van der Waals surface area contributed by atoms with Crippen LogP contribution in [0.2, 0.25) is 0 Å². The van der Waals surface area contributed by atoms with Gasteiger partial charge in [-0.05, 0) is 38.2 Å². The molecule has 6 nitrogen and oxygen atoms in total. The molecule has 35 heavy (non-hydrogen) atoms. The Morgan fingerprint density at radius 2 is 1.80 bits per heavy atom. The number of aliphatic hydroxyl groups excluding tert-OH is 2. The van der Waals surface area contributed by atoms with Crippen LogP contribution in [0, 0.1) is 5.92 Å². The zero-order valence-corrected chi connectivity index (χ0v) is 20.4. The number of hydrogen-bond acceptors (Lipinski definition) is 5. The molecule has 3 N–H and O–H groups in total. The largest absolute Gasteiger partial charge is 0.509 e. The molecular weight excluding hydrogens is 442 g/mol. The Hall–Kier alpha value is -3.22. The predicted octanol–water partition coefficient (Wildman–Crippen LogP) is 4.81. The summed E-state index contributed by atoms with van der Waals surface area (Å²) in [5.41, 5.74) is 2.22. The van der Waals surface area contributed by atoms with Crippen molar-refractivity contribution in [3.63, 3.8) is 0 Å². The number of carbonyl (C=O) groups is 2.